The third kappa shape index (κ3) is 7.46. The highest BCUT2D eigenvalue weighted by molar-refractivity contribution is 5.92. The van der Waals surface area contributed by atoms with Gasteiger partial charge in [0, 0.05) is 0 Å². The van der Waals surface area contributed by atoms with Gasteiger partial charge in [-0.15, -0.1) is 0 Å². The molecule has 0 aliphatic carbocycles. The van der Waals surface area contributed by atoms with Crippen molar-refractivity contribution in [3.63, 3.8) is 0 Å². The molecule has 0 amide bonds. The molecule has 0 saturated carbocycles. The molecule has 1 N–H and O–H groups in total. The minimum atomic E-state index is -1.14. The van der Waals surface area contributed by atoms with Crippen LogP contribution >= 0.6 is 0 Å². The summed E-state index contributed by atoms with van der Waals surface area (Å²) in [6.45, 7) is 6.78. The van der Waals surface area contributed by atoms with E-state index in [9.17, 15) is 14.4 Å². The third-order valence-corrected chi connectivity index (χ3v) is 1.56. The SMILES string of the molecule is CCOC(=O)C(C=O)NCC(=O)OC(C)(C)C. The van der Waals surface area contributed by atoms with Crippen LogP contribution in [0, 0.1) is 0 Å². The van der Waals surface area contributed by atoms with Gasteiger partial charge in [0.1, 0.15) is 11.9 Å². The number of aldehydes is 1. The van der Waals surface area contributed by atoms with Crippen LogP contribution in [0.1, 0.15) is 27.7 Å². The van der Waals surface area contributed by atoms with Gasteiger partial charge in [-0.05, 0) is 27.7 Å². The zero-order valence-electron chi connectivity index (χ0n) is 10.6. The van der Waals surface area contributed by atoms with E-state index in [4.69, 9.17) is 4.74 Å². The van der Waals surface area contributed by atoms with Crippen LogP contribution in [0.25, 0.3) is 0 Å². The van der Waals surface area contributed by atoms with E-state index < -0.39 is 23.6 Å². The lowest BCUT2D eigenvalue weighted by Gasteiger charge is -2.20. The molecule has 0 rings (SSSR count). The topological polar surface area (TPSA) is 81.7 Å². The van der Waals surface area contributed by atoms with Crippen LogP contribution in [0.15, 0.2) is 0 Å². The molecule has 0 aliphatic rings. The first-order valence-electron chi connectivity index (χ1n) is 5.37. The fourth-order valence-corrected chi connectivity index (χ4v) is 0.990. The van der Waals surface area contributed by atoms with Crippen molar-refractivity contribution in [1.82, 2.24) is 5.32 Å². The van der Waals surface area contributed by atoms with E-state index in [1.165, 1.54) is 0 Å². The van der Waals surface area contributed by atoms with E-state index in [1.807, 2.05) is 0 Å². The molecule has 0 aromatic carbocycles. The number of rotatable bonds is 6. The van der Waals surface area contributed by atoms with Gasteiger partial charge in [0.25, 0.3) is 0 Å². The fraction of sp³-hybridized carbons (Fsp3) is 0.727. The largest absolute Gasteiger partial charge is 0.464 e. The van der Waals surface area contributed by atoms with Crippen LogP contribution in [-0.2, 0) is 23.9 Å². The Balaban J connectivity index is 4.11. The zero-order chi connectivity index (χ0) is 13.5. The lowest BCUT2D eigenvalue weighted by molar-refractivity contribution is -0.154. The monoisotopic (exact) mass is 245 g/mol. The summed E-state index contributed by atoms with van der Waals surface area (Å²) in [5, 5.41) is 2.46. The molecular weight excluding hydrogens is 226 g/mol. The Labute approximate surface area is 101 Å². The van der Waals surface area contributed by atoms with Crippen molar-refractivity contribution in [2.45, 2.75) is 39.3 Å². The van der Waals surface area contributed by atoms with Gasteiger partial charge in [0.2, 0.25) is 0 Å². The standard InChI is InChI=1S/C11H19NO5/c1-5-16-10(15)8(7-13)12-6-9(14)17-11(2,3)4/h7-8,12H,5-6H2,1-4H3. The molecule has 17 heavy (non-hydrogen) atoms. The van der Waals surface area contributed by atoms with Crippen molar-refractivity contribution in [2.75, 3.05) is 13.2 Å². The van der Waals surface area contributed by atoms with Crippen molar-refractivity contribution >= 4 is 18.2 Å². The number of hydrogen-bond acceptors (Lipinski definition) is 6. The number of ether oxygens (including phenoxy) is 2. The Morgan fingerprint density at radius 2 is 1.94 bits per heavy atom. The molecule has 98 valence electrons. The summed E-state index contributed by atoms with van der Waals surface area (Å²) in [7, 11) is 0. The van der Waals surface area contributed by atoms with Gasteiger partial charge in [-0.1, -0.05) is 0 Å². The van der Waals surface area contributed by atoms with Crippen LogP contribution in [0.4, 0.5) is 0 Å². The van der Waals surface area contributed by atoms with Crippen molar-refractivity contribution in [3.05, 3.63) is 0 Å². The molecule has 0 spiro atoms. The maximum absolute atomic E-state index is 11.3. The van der Waals surface area contributed by atoms with Crippen LogP contribution in [0.5, 0.6) is 0 Å². The van der Waals surface area contributed by atoms with Gasteiger partial charge in [-0.2, -0.15) is 0 Å². The Kier molecular flexibility index (Phi) is 6.42. The van der Waals surface area contributed by atoms with Gasteiger partial charge < -0.3 is 14.3 Å². The molecule has 0 fully saturated rings. The molecule has 1 unspecified atom stereocenters. The quantitative estimate of drug-likeness (QED) is 0.404. The number of esters is 2. The molecule has 0 radical (unpaired) electrons. The first kappa shape index (κ1) is 15.6. The highest BCUT2D eigenvalue weighted by atomic mass is 16.6. The maximum atomic E-state index is 11.3. The molecular formula is C11H19NO5. The van der Waals surface area contributed by atoms with Crippen molar-refractivity contribution < 1.29 is 23.9 Å². The van der Waals surface area contributed by atoms with Gasteiger partial charge in [0.15, 0.2) is 6.04 Å². The normalized spacial score (nSPS) is 12.7. The summed E-state index contributed by atoms with van der Waals surface area (Å²) in [5.74, 6) is -1.24. The van der Waals surface area contributed by atoms with Gasteiger partial charge in [0.05, 0.1) is 13.2 Å². The van der Waals surface area contributed by atoms with Gasteiger partial charge in [-0.3, -0.25) is 10.1 Å². The Bertz CT molecular complexity index is 282. The predicted molar refractivity (Wildman–Crippen MR) is 60.3 cm³/mol. The number of hydrogen-bond donors (Lipinski definition) is 1. The number of carbonyl (C=O) groups excluding carboxylic acids is 3. The molecule has 6 nitrogen and oxygen atoms in total. The van der Waals surface area contributed by atoms with Crippen molar-refractivity contribution in [1.29, 1.82) is 0 Å². The van der Waals surface area contributed by atoms with Crippen LogP contribution in [0.2, 0.25) is 0 Å². The summed E-state index contributed by atoms with van der Waals surface area (Å²) in [6.07, 6.45) is 0.391. The van der Waals surface area contributed by atoms with Crippen molar-refractivity contribution in [2.24, 2.45) is 0 Å². The Hall–Kier alpha value is -1.43. The van der Waals surface area contributed by atoms with E-state index in [0.717, 1.165) is 0 Å². The third-order valence-electron chi connectivity index (χ3n) is 1.56. The summed E-state index contributed by atoms with van der Waals surface area (Å²) >= 11 is 0. The highest BCUT2D eigenvalue weighted by Crippen LogP contribution is 2.06. The van der Waals surface area contributed by atoms with E-state index in [1.54, 1.807) is 27.7 Å². The second-order valence-electron chi connectivity index (χ2n) is 4.33. The first-order valence-corrected chi connectivity index (χ1v) is 5.37. The second-order valence-corrected chi connectivity index (χ2v) is 4.33. The fourth-order valence-electron chi connectivity index (χ4n) is 0.990. The van der Waals surface area contributed by atoms with Gasteiger partial charge >= 0.3 is 11.9 Å². The summed E-state index contributed by atoms with van der Waals surface area (Å²) in [5.41, 5.74) is -0.598. The van der Waals surface area contributed by atoms with Crippen LogP contribution in [0.3, 0.4) is 0 Å². The zero-order valence-corrected chi connectivity index (χ0v) is 10.6. The molecule has 0 heterocycles. The minimum absolute atomic E-state index is 0.178. The molecule has 0 aromatic rings. The lowest BCUT2D eigenvalue weighted by Crippen LogP contribution is -2.43. The van der Waals surface area contributed by atoms with E-state index in [0.29, 0.717) is 6.29 Å². The summed E-state index contributed by atoms with van der Waals surface area (Å²) < 4.78 is 9.65. The van der Waals surface area contributed by atoms with Crippen LogP contribution in [-0.4, -0.2) is 43.0 Å². The average molecular weight is 245 g/mol. The summed E-state index contributed by atoms with van der Waals surface area (Å²) in [6, 6.07) is -1.14. The van der Waals surface area contributed by atoms with Crippen LogP contribution < -0.4 is 5.32 Å². The van der Waals surface area contributed by atoms with Crippen molar-refractivity contribution in [3.8, 4) is 0 Å². The highest BCUT2D eigenvalue weighted by Gasteiger charge is 2.21. The summed E-state index contributed by atoms with van der Waals surface area (Å²) in [4.78, 5) is 33.1. The smallest absolute Gasteiger partial charge is 0.330 e. The molecule has 6 heteroatoms. The molecule has 0 aliphatic heterocycles. The average Bonchev–Trinajstić information content (AvgIpc) is 2.16. The number of carbonyl (C=O) groups is 3. The maximum Gasteiger partial charge on any atom is 0.330 e. The minimum Gasteiger partial charge on any atom is -0.464 e. The van der Waals surface area contributed by atoms with Gasteiger partial charge in [-0.25, -0.2) is 4.79 Å². The molecule has 1 atom stereocenters. The molecule has 0 saturated heterocycles. The van der Waals surface area contributed by atoms with E-state index >= 15 is 0 Å². The molecule has 0 bridgehead atoms. The lowest BCUT2D eigenvalue weighted by atomic mass is 10.2. The first-order chi connectivity index (χ1) is 7.80. The predicted octanol–water partition coefficient (Wildman–Crippen LogP) is 0.0483. The second kappa shape index (κ2) is 7.01. The molecule has 0 aromatic heterocycles. The number of nitrogens with one attached hydrogen (secondary N) is 1. The Morgan fingerprint density at radius 3 is 2.35 bits per heavy atom. The Morgan fingerprint density at radius 1 is 1.35 bits per heavy atom. The van der Waals surface area contributed by atoms with E-state index in [-0.39, 0.29) is 13.2 Å². The van der Waals surface area contributed by atoms with E-state index in [2.05, 4.69) is 10.1 Å².